The summed E-state index contributed by atoms with van der Waals surface area (Å²) < 4.78 is 2.12. The number of hydrogen-bond acceptors (Lipinski definition) is 3. The van der Waals surface area contributed by atoms with Gasteiger partial charge >= 0.3 is 0 Å². The molecule has 0 fully saturated rings. The van der Waals surface area contributed by atoms with Crippen molar-refractivity contribution in [3.05, 3.63) is 30.1 Å². The zero-order valence-corrected chi connectivity index (χ0v) is 10.5. The van der Waals surface area contributed by atoms with Crippen LogP contribution in [0, 0.1) is 0 Å². The summed E-state index contributed by atoms with van der Waals surface area (Å²) in [5.74, 6) is 1.05. The van der Waals surface area contributed by atoms with Crippen molar-refractivity contribution in [3.63, 3.8) is 0 Å². The number of nitrogens with one attached hydrogen (secondary N) is 1. The summed E-state index contributed by atoms with van der Waals surface area (Å²) in [5.41, 5.74) is 8.08. The van der Waals surface area contributed by atoms with Crippen molar-refractivity contribution in [1.29, 1.82) is 0 Å². The number of rotatable bonds is 5. The minimum absolute atomic E-state index is 0.227. The van der Waals surface area contributed by atoms with Gasteiger partial charge in [-0.05, 0) is 18.6 Å². The summed E-state index contributed by atoms with van der Waals surface area (Å²) >= 11 is 0. The Balaban J connectivity index is 2.06. The number of hydrogen-bond donors (Lipinski definition) is 2. The van der Waals surface area contributed by atoms with Crippen LogP contribution in [0.15, 0.2) is 24.3 Å². The lowest BCUT2D eigenvalue weighted by molar-refractivity contribution is 0.549. The molecule has 4 nitrogen and oxygen atoms in total. The van der Waals surface area contributed by atoms with Gasteiger partial charge in [0.25, 0.3) is 0 Å². The Morgan fingerprint density at radius 2 is 2.18 bits per heavy atom. The molecule has 0 spiro atoms. The smallest absolute Gasteiger partial charge is 0.123 e. The second-order valence-electron chi connectivity index (χ2n) is 4.37. The predicted molar refractivity (Wildman–Crippen MR) is 70.7 cm³/mol. The van der Waals surface area contributed by atoms with E-state index < -0.39 is 0 Å². The lowest BCUT2D eigenvalue weighted by Gasteiger charge is -2.09. The van der Waals surface area contributed by atoms with Crippen molar-refractivity contribution < 1.29 is 0 Å². The van der Waals surface area contributed by atoms with Crippen LogP contribution in [0.5, 0.6) is 0 Å². The molecule has 0 amide bonds. The molecule has 1 aromatic heterocycles. The molecule has 1 aromatic carbocycles. The topological polar surface area (TPSA) is 55.9 Å². The molecular weight excluding hydrogens is 212 g/mol. The van der Waals surface area contributed by atoms with Gasteiger partial charge in [-0.2, -0.15) is 0 Å². The van der Waals surface area contributed by atoms with Gasteiger partial charge in [0.1, 0.15) is 5.82 Å². The number of nitrogens with zero attached hydrogens (tertiary/aromatic N) is 2. The number of fused-ring (bicyclic) bond motifs is 1. The molecule has 92 valence electrons. The minimum atomic E-state index is 0.227. The molecule has 3 N–H and O–H groups in total. The highest BCUT2D eigenvalue weighted by atomic mass is 15.1. The Bertz CT molecular complexity index is 489. The van der Waals surface area contributed by atoms with Gasteiger partial charge in [-0.3, -0.25) is 0 Å². The zero-order valence-electron chi connectivity index (χ0n) is 10.5. The molecule has 4 heteroatoms. The number of para-hydroxylation sites is 2. The summed E-state index contributed by atoms with van der Waals surface area (Å²) in [6.07, 6.45) is 0.996. The molecule has 0 aliphatic rings. The molecular formula is C13H20N4. The Morgan fingerprint density at radius 3 is 2.88 bits per heavy atom. The van der Waals surface area contributed by atoms with Crippen LogP contribution in [0.1, 0.15) is 19.2 Å². The van der Waals surface area contributed by atoms with E-state index in [1.165, 1.54) is 5.52 Å². The highest BCUT2D eigenvalue weighted by molar-refractivity contribution is 5.75. The highest BCUT2D eigenvalue weighted by Gasteiger charge is 2.06. The van der Waals surface area contributed by atoms with Crippen molar-refractivity contribution in [3.8, 4) is 0 Å². The summed E-state index contributed by atoms with van der Waals surface area (Å²) in [5, 5.41) is 3.35. The fourth-order valence-corrected chi connectivity index (χ4v) is 1.87. The maximum Gasteiger partial charge on any atom is 0.123 e. The van der Waals surface area contributed by atoms with Gasteiger partial charge < -0.3 is 15.6 Å². The van der Waals surface area contributed by atoms with Crippen molar-refractivity contribution in [2.24, 2.45) is 12.8 Å². The summed E-state index contributed by atoms with van der Waals surface area (Å²) in [6.45, 7) is 3.69. The van der Waals surface area contributed by atoms with Crippen molar-refractivity contribution >= 4 is 11.0 Å². The van der Waals surface area contributed by atoms with Gasteiger partial charge in [0, 0.05) is 19.6 Å². The number of imidazole rings is 1. The Morgan fingerprint density at radius 1 is 1.41 bits per heavy atom. The molecule has 0 bridgehead atoms. The van der Waals surface area contributed by atoms with Gasteiger partial charge in [-0.25, -0.2) is 4.98 Å². The van der Waals surface area contributed by atoms with Crippen LogP contribution in [0.25, 0.3) is 11.0 Å². The highest BCUT2D eigenvalue weighted by Crippen LogP contribution is 2.13. The van der Waals surface area contributed by atoms with Gasteiger partial charge in [-0.1, -0.05) is 19.1 Å². The summed E-state index contributed by atoms with van der Waals surface area (Å²) in [4.78, 5) is 4.59. The Hall–Kier alpha value is -1.39. The van der Waals surface area contributed by atoms with Crippen molar-refractivity contribution in [1.82, 2.24) is 14.9 Å². The lowest BCUT2D eigenvalue weighted by Crippen LogP contribution is -2.33. The van der Waals surface area contributed by atoms with Crippen LogP contribution >= 0.6 is 0 Å². The van der Waals surface area contributed by atoms with E-state index >= 15 is 0 Å². The van der Waals surface area contributed by atoms with Crippen LogP contribution in [-0.4, -0.2) is 22.1 Å². The normalized spacial score (nSPS) is 13.1. The molecule has 0 radical (unpaired) electrons. The van der Waals surface area contributed by atoms with E-state index in [1.54, 1.807) is 0 Å². The molecule has 1 unspecified atom stereocenters. The molecule has 0 aliphatic heterocycles. The first-order valence-electron chi connectivity index (χ1n) is 6.09. The predicted octanol–water partition coefficient (Wildman–Crippen LogP) is 1.40. The number of benzene rings is 1. The monoisotopic (exact) mass is 232 g/mol. The third-order valence-electron chi connectivity index (χ3n) is 3.09. The van der Waals surface area contributed by atoms with E-state index in [4.69, 9.17) is 5.73 Å². The summed E-state index contributed by atoms with van der Waals surface area (Å²) in [6, 6.07) is 8.40. The largest absolute Gasteiger partial charge is 0.330 e. The SMILES string of the molecule is CCC(N)CNCc1nc2ccccc2n1C. The molecule has 2 aromatic rings. The second-order valence-corrected chi connectivity index (χ2v) is 4.37. The third-order valence-corrected chi connectivity index (χ3v) is 3.09. The van der Waals surface area contributed by atoms with E-state index in [2.05, 4.69) is 27.9 Å². The van der Waals surface area contributed by atoms with E-state index in [0.29, 0.717) is 0 Å². The molecule has 2 rings (SSSR count). The number of aryl methyl sites for hydroxylation is 1. The van der Waals surface area contributed by atoms with E-state index in [-0.39, 0.29) is 6.04 Å². The van der Waals surface area contributed by atoms with Gasteiger partial charge in [0.05, 0.1) is 17.6 Å². The van der Waals surface area contributed by atoms with Crippen molar-refractivity contribution in [2.45, 2.75) is 25.9 Å². The van der Waals surface area contributed by atoms with Crippen LogP contribution in [0.4, 0.5) is 0 Å². The van der Waals surface area contributed by atoms with E-state index in [1.807, 2.05) is 25.2 Å². The first-order chi connectivity index (χ1) is 8.22. The molecule has 0 aliphatic carbocycles. The van der Waals surface area contributed by atoms with Gasteiger partial charge in [-0.15, -0.1) is 0 Å². The average Bonchev–Trinajstić information content (AvgIpc) is 2.67. The van der Waals surface area contributed by atoms with Crippen LogP contribution in [0.2, 0.25) is 0 Å². The maximum atomic E-state index is 5.86. The quantitative estimate of drug-likeness (QED) is 0.819. The van der Waals surface area contributed by atoms with E-state index in [9.17, 15) is 0 Å². The average molecular weight is 232 g/mol. The molecule has 1 atom stereocenters. The standard InChI is InChI=1S/C13H20N4/c1-3-10(14)8-15-9-13-16-11-6-4-5-7-12(11)17(13)2/h4-7,10,15H,3,8-9,14H2,1-2H3. The maximum absolute atomic E-state index is 5.86. The Labute approximate surface area is 102 Å². The van der Waals surface area contributed by atoms with Gasteiger partial charge in [0.15, 0.2) is 0 Å². The van der Waals surface area contributed by atoms with Crippen LogP contribution in [0.3, 0.4) is 0 Å². The molecule has 1 heterocycles. The van der Waals surface area contributed by atoms with Crippen LogP contribution < -0.4 is 11.1 Å². The first kappa shape index (κ1) is 12.1. The van der Waals surface area contributed by atoms with Crippen LogP contribution in [-0.2, 0) is 13.6 Å². The zero-order chi connectivity index (χ0) is 12.3. The second kappa shape index (κ2) is 5.29. The fourth-order valence-electron chi connectivity index (χ4n) is 1.87. The Kier molecular flexibility index (Phi) is 3.76. The van der Waals surface area contributed by atoms with Gasteiger partial charge in [0.2, 0.25) is 0 Å². The fraction of sp³-hybridized carbons (Fsp3) is 0.462. The summed E-state index contributed by atoms with van der Waals surface area (Å²) in [7, 11) is 2.05. The first-order valence-corrected chi connectivity index (χ1v) is 6.09. The third kappa shape index (κ3) is 2.65. The van der Waals surface area contributed by atoms with Crippen molar-refractivity contribution in [2.75, 3.05) is 6.54 Å². The lowest BCUT2D eigenvalue weighted by atomic mass is 10.2. The molecule has 17 heavy (non-hydrogen) atoms. The minimum Gasteiger partial charge on any atom is -0.330 e. The van der Waals surface area contributed by atoms with E-state index in [0.717, 1.165) is 30.9 Å². The molecule has 0 saturated heterocycles. The molecule has 0 saturated carbocycles. The number of aromatic nitrogens is 2. The number of nitrogens with two attached hydrogens (primary N) is 1.